The van der Waals surface area contributed by atoms with Gasteiger partial charge in [0.05, 0.1) is 13.2 Å². The maximum atomic E-state index is 12.1. The number of aliphatic hydroxyl groups is 1. The molecule has 0 fully saturated rings. The van der Waals surface area contributed by atoms with Crippen LogP contribution in [-0.2, 0) is 10.0 Å². The zero-order valence-electron chi connectivity index (χ0n) is 10.6. The van der Waals surface area contributed by atoms with Gasteiger partial charge in [0.15, 0.2) is 0 Å². The smallest absolute Gasteiger partial charge is 0.244 e. The van der Waals surface area contributed by atoms with Gasteiger partial charge in [-0.1, -0.05) is 15.9 Å². The number of rotatable bonds is 6. The summed E-state index contributed by atoms with van der Waals surface area (Å²) in [5.74, 6) is 0.237. The third-order valence-electron chi connectivity index (χ3n) is 2.54. The minimum atomic E-state index is -3.75. The van der Waals surface area contributed by atoms with Gasteiger partial charge >= 0.3 is 0 Å². The van der Waals surface area contributed by atoms with E-state index >= 15 is 0 Å². The first-order valence-corrected chi connectivity index (χ1v) is 7.82. The molecule has 0 aliphatic heterocycles. The van der Waals surface area contributed by atoms with Gasteiger partial charge < -0.3 is 15.6 Å². The highest BCUT2D eigenvalue weighted by atomic mass is 79.9. The van der Waals surface area contributed by atoms with Crippen LogP contribution in [0.5, 0.6) is 5.75 Å². The molecular weight excluding hydrogens is 336 g/mol. The van der Waals surface area contributed by atoms with E-state index in [1.54, 1.807) is 12.1 Å². The molecule has 0 amide bonds. The number of hydrogen-bond acceptors (Lipinski definition) is 5. The number of nitrogens with two attached hydrogens (primary N) is 1. The summed E-state index contributed by atoms with van der Waals surface area (Å²) in [6.45, 7) is 1.44. The van der Waals surface area contributed by atoms with Gasteiger partial charge in [0.25, 0.3) is 0 Å². The van der Waals surface area contributed by atoms with Crippen LogP contribution in [0.2, 0.25) is 0 Å². The van der Waals surface area contributed by atoms with Crippen molar-refractivity contribution in [2.24, 2.45) is 5.73 Å². The van der Waals surface area contributed by atoms with Gasteiger partial charge in [-0.2, -0.15) is 0 Å². The van der Waals surface area contributed by atoms with Crippen LogP contribution >= 0.6 is 15.9 Å². The highest BCUT2D eigenvalue weighted by molar-refractivity contribution is 9.10. The molecule has 1 aromatic rings. The number of halogens is 1. The maximum Gasteiger partial charge on any atom is 0.244 e. The Bertz CT molecular complexity index is 533. The molecule has 2 unspecified atom stereocenters. The topological polar surface area (TPSA) is 102 Å². The van der Waals surface area contributed by atoms with Gasteiger partial charge in [-0.05, 0) is 25.1 Å². The van der Waals surface area contributed by atoms with E-state index in [0.29, 0.717) is 4.47 Å². The number of aliphatic hydroxyl groups excluding tert-OH is 1. The van der Waals surface area contributed by atoms with Gasteiger partial charge in [-0.15, -0.1) is 0 Å². The van der Waals surface area contributed by atoms with Crippen molar-refractivity contribution in [2.75, 3.05) is 13.7 Å². The van der Waals surface area contributed by atoms with Crippen molar-refractivity contribution in [2.45, 2.75) is 24.0 Å². The number of ether oxygens (including phenoxy) is 1. The van der Waals surface area contributed by atoms with E-state index in [-0.39, 0.29) is 17.2 Å². The number of nitrogens with one attached hydrogen (secondary N) is 1. The largest absolute Gasteiger partial charge is 0.495 e. The van der Waals surface area contributed by atoms with Crippen molar-refractivity contribution in [1.29, 1.82) is 0 Å². The molecule has 0 bridgehead atoms. The molecule has 2 atom stereocenters. The Morgan fingerprint density at radius 3 is 2.68 bits per heavy atom. The standard InChI is InChI=1S/C11H17BrN2O4S/c1-7(15)9(13)6-14-19(16,17)11-5-8(12)3-4-10(11)18-2/h3-5,7,9,14-15H,6,13H2,1-2H3. The SMILES string of the molecule is COc1ccc(Br)cc1S(=O)(=O)NCC(N)C(C)O. The van der Waals surface area contributed by atoms with Crippen molar-refractivity contribution >= 4 is 26.0 Å². The van der Waals surface area contributed by atoms with Gasteiger partial charge in [0.1, 0.15) is 10.6 Å². The van der Waals surface area contributed by atoms with Crippen molar-refractivity contribution in [3.05, 3.63) is 22.7 Å². The van der Waals surface area contributed by atoms with Crippen LogP contribution < -0.4 is 15.2 Å². The molecule has 1 rings (SSSR count). The molecule has 4 N–H and O–H groups in total. The van der Waals surface area contributed by atoms with Crippen LogP contribution in [0.3, 0.4) is 0 Å². The second kappa shape index (κ2) is 6.67. The number of sulfonamides is 1. The average Bonchev–Trinajstić information content (AvgIpc) is 2.35. The third kappa shape index (κ3) is 4.43. The summed E-state index contributed by atoms with van der Waals surface area (Å²) < 4.78 is 32.3. The van der Waals surface area contributed by atoms with Crippen molar-refractivity contribution < 1.29 is 18.3 Å². The van der Waals surface area contributed by atoms with E-state index in [2.05, 4.69) is 20.7 Å². The fraction of sp³-hybridized carbons (Fsp3) is 0.455. The first-order chi connectivity index (χ1) is 8.77. The molecule has 6 nitrogen and oxygen atoms in total. The summed E-state index contributed by atoms with van der Waals surface area (Å²) in [5.41, 5.74) is 5.58. The Balaban J connectivity index is 2.97. The maximum absolute atomic E-state index is 12.1. The lowest BCUT2D eigenvalue weighted by Gasteiger charge is -2.16. The Hall–Kier alpha value is -0.670. The normalized spacial score (nSPS) is 15.0. The Kier molecular flexibility index (Phi) is 5.75. The minimum absolute atomic E-state index is 0.0159. The molecule has 0 heterocycles. The second-order valence-corrected chi connectivity index (χ2v) is 6.70. The predicted molar refractivity (Wildman–Crippen MR) is 75.5 cm³/mol. The van der Waals surface area contributed by atoms with Crippen LogP contribution in [0.4, 0.5) is 0 Å². The summed E-state index contributed by atoms with van der Waals surface area (Å²) in [7, 11) is -2.36. The van der Waals surface area contributed by atoms with Crippen LogP contribution in [0.25, 0.3) is 0 Å². The summed E-state index contributed by atoms with van der Waals surface area (Å²) in [6, 6.07) is 4.00. The van der Waals surface area contributed by atoms with Crippen molar-refractivity contribution in [1.82, 2.24) is 4.72 Å². The molecule has 0 saturated heterocycles. The Labute approximate surface area is 121 Å². The zero-order chi connectivity index (χ0) is 14.6. The summed E-state index contributed by atoms with van der Waals surface area (Å²) >= 11 is 3.21. The summed E-state index contributed by atoms with van der Waals surface area (Å²) in [6.07, 6.45) is -0.799. The zero-order valence-corrected chi connectivity index (χ0v) is 13.0. The molecule has 0 saturated carbocycles. The van der Waals surface area contributed by atoms with Crippen molar-refractivity contribution in [3.63, 3.8) is 0 Å². The highest BCUT2D eigenvalue weighted by Crippen LogP contribution is 2.26. The van der Waals surface area contributed by atoms with Crippen LogP contribution in [0, 0.1) is 0 Å². The van der Waals surface area contributed by atoms with E-state index in [9.17, 15) is 13.5 Å². The van der Waals surface area contributed by atoms with Gasteiger partial charge in [-0.3, -0.25) is 0 Å². The predicted octanol–water partition coefficient (Wildman–Crippen LogP) is 0.444. The van der Waals surface area contributed by atoms with Crippen LogP contribution in [0.15, 0.2) is 27.6 Å². The third-order valence-corrected chi connectivity index (χ3v) is 4.48. The van der Waals surface area contributed by atoms with Gasteiger partial charge in [0.2, 0.25) is 10.0 Å². The fourth-order valence-electron chi connectivity index (χ4n) is 1.31. The van der Waals surface area contributed by atoms with Gasteiger partial charge in [0, 0.05) is 17.1 Å². The van der Waals surface area contributed by atoms with Gasteiger partial charge in [-0.25, -0.2) is 13.1 Å². The minimum Gasteiger partial charge on any atom is -0.495 e. The average molecular weight is 353 g/mol. The molecule has 19 heavy (non-hydrogen) atoms. The van der Waals surface area contributed by atoms with E-state index in [0.717, 1.165) is 0 Å². The monoisotopic (exact) mass is 352 g/mol. The number of benzene rings is 1. The van der Waals surface area contributed by atoms with Crippen LogP contribution in [0.1, 0.15) is 6.92 Å². The molecular formula is C11H17BrN2O4S. The molecule has 0 aromatic heterocycles. The van der Waals surface area contributed by atoms with Crippen LogP contribution in [-0.4, -0.2) is 39.3 Å². The fourth-order valence-corrected chi connectivity index (χ4v) is 3.09. The first-order valence-electron chi connectivity index (χ1n) is 5.54. The molecule has 0 aliphatic carbocycles. The molecule has 108 valence electrons. The Morgan fingerprint density at radius 2 is 2.16 bits per heavy atom. The quantitative estimate of drug-likeness (QED) is 0.689. The van der Waals surface area contributed by atoms with E-state index < -0.39 is 22.2 Å². The highest BCUT2D eigenvalue weighted by Gasteiger charge is 2.21. The summed E-state index contributed by atoms with van der Waals surface area (Å²) in [4.78, 5) is 0.0159. The second-order valence-electron chi connectivity index (χ2n) is 4.05. The Morgan fingerprint density at radius 1 is 1.53 bits per heavy atom. The number of hydrogen-bond donors (Lipinski definition) is 3. The van der Waals surface area contributed by atoms with E-state index in [1.165, 1.54) is 20.1 Å². The van der Waals surface area contributed by atoms with Crippen molar-refractivity contribution in [3.8, 4) is 5.75 Å². The lowest BCUT2D eigenvalue weighted by molar-refractivity contribution is 0.164. The lowest BCUT2D eigenvalue weighted by atomic mass is 10.2. The summed E-state index contributed by atoms with van der Waals surface area (Å²) in [5, 5.41) is 9.24. The first kappa shape index (κ1) is 16.4. The van der Waals surface area contributed by atoms with E-state index in [4.69, 9.17) is 10.5 Å². The lowest BCUT2D eigenvalue weighted by Crippen LogP contribution is -2.43. The molecule has 0 aliphatic rings. The number of methoxy groups -OCH3 is 1. The molecule has 0 radical (unpaired) electrons. The van der Waals surface area contributed by atoms with E-state index in [1.807, 2.05) is 0 Å². The molecule has 1 aromatic carbocycles. The molecule has 8 heteroatoms. The molecule has 0 spiro atoms.